The third-order valence-electron chi connectivity index (χ3n) is 4.92. The van der Waals surface area contributed by atoms with Gasteiger partial charge in [-0.15, -0.1) is 0 Å². The topological polar surface area (TPSA) is 90.4 Å². The minimum absolute atomic E-state index is 0.160. The summed E-state index contributed by atoms with van der Waals surface area (Å²) >= 11 is 0. The van der Waals surface area contributed by atoms with Gasteiger partial charge in [-0.3, -0.25) is 9.48 Å². The van der Waals surface area contributed by atoms with E-state index >= 15 is 0 Å². The number of fused-ring (bicyclic) bond motifs is 2. The summed E-state index contributed by atoms with van der Waals surface area (Å²) in [5.74, 6) is 1.97. The van der Waals surface area contributed by atoms with Crippen molar-refractivity contribution in [2.45, 2.75) is 12.6 Å². The number of anilines is 1. The van der Waals surface area contributed by atoms with Gasteiger partial charge in [0.05, 0.1) is 25.5 Å². The second-order valence-electron chi connectivity index (χ2n) is 7.04. The normalized spacial score (nSPS) is 15.2. The lowest BCUT2D eigenvalue weighted by atomic mass is 10.2. The van der Waals surface area contributed by atoms with E-state index in [-0.39, 0.29) is 12.0 Å². The highest BCUT2D eigenvalue weighted by molar-refractivity contribution is 6.05. The number of methoxy groups -OCH3 is 1. The molecule has 0 spiro atoms. The molecular formula is C22H20N4O4. The number of H-pyrrole nitrogens is 1. The average molecular weight is 404 g/mol. The van der Waals surface area contributed by atoms with Crippen LogP contribution in [0.3, 0.4) is 0 Å². The van der Waals surface area contributed by atoms with E-state index in [4.69, 9.17) is 14.2 Å². The van der Waals surface area contributed by atoms with Crippen LogP contribution in [0.5, 0.6) is 17.2 Å². The number of hydrogen-bond donors (Lipinski definition) is 2. The number of benzene rings is 2. The maximum absolute atomic E-state index is 12.6. The Bertz CT molecular complexity index is 1210. The van der Waals surface area contributed by atoms with Gasteiger partial charge >= 0.3 is 0 Å². The number of aromatic nitrogens is 3. The molecule has 1 amide bonds. The van der Waals surface area contributed by atoms with Crippen molar-refractivity contribution in [3.05, 3.63) is 66.6 Å². The van der Waals surface area contributed by atoms with E-state index < -0.39 is 0 Å². The number of hydrogen-bond acceptors (Lipinski definition) is 5. The van der Waals surface area contributed by atoms with E-state index in [1.807, 2.05) is 42.5 Å². The Morgan fingerprint density at radius 2 is 2.13 bits per heavy atom. The summed E-state index contributed by atoms with van der Waals surface area (Å²) in [6.45, 7) is 0.952. The number of nitrogens with zero attached hydrogens (tertiary/aromatic N) is 2. The van der Waals surface area contributed by atoms with Gasteiger partial charge in [-0.2, -0.15) is 5.10 Å². The fourth-order valence-corrected chi connectivity index (χ4v) is 3.44. The molecule has 0 unspecified atom stereocenters. The largest absolute Gasteiger partial charge is 0.497 e. The zero-order valence-electron chi connectivity index (χ0n) is 16.3. The summed E-state index contributed by atoms with van der Waals surface area (Å²) in [5.41, 5.74) is 1.91. The van der Waals surface area contributed by atoms with Crippen molar-refractivity contribution in [2.24, 2.45) is 0 Å². The molecule has 0 fully saturated rings. The molecule has 5 rings (SSSR count). The molecule has 1 aliphatic heterocycles. The summed E-state index contributed by atoms with van der Waals surface area (Å²) in [6.07, 6.45) is 3.22. The quantitative estimate of drug-likeness (QED) is 0.532. The predicted molar refractivity (Wildman–Crippen MR) is 111 cm³/mol. The molecule has 1 atom stereocenters. The maximum Gasteiger partial charge on any atom is 0.272 e. The van der Waals surface area contributed by atoms with E-state index in [9.17, 15) is 4.79 Å². The third kappa shape index (κ3) is 3.55. The molecule has 2 N–H and O–H groups in total. The summed E-state index contributed by atoms with van der Waals surface area (Å²) in [6, 6.07) is 15.0. The molecule has 4 aromatic rings. The first kappa shape index (κ1) is 18.1. The van der Waals surface area contributed by atoms with Gasteiger partial charge in [0.15, 0.2) is 17.6 Å². The van der Waals surface area contributed by atoms with Crippen LogP contribution in [-0.4, -0.2) is 40.5 Å². The lowest BCUT2D eigenvalue weighted by Gasteiger charge is -2.26. The van der Waals surface area contributed by atoms with Crippen LogP contribution < -0.4 is 19.5 Å². The molecule has 0 aliphatic carbocycles. The van der Waals surface area contributed by atoms with Crippen molar-refractivity contribution in [1.29, 1.82) is 0 Å². The minimum atomic E-state index is -0.240. The molecule has 152 valence electrons. The van der Waals surface area contributed by atoms with Crippen LogP contribution in [0, 0.1) is 0 Å². The molecule has 8 nitrogen and oxygen atoms in total. The van der Waals surface area contributed by atoms with Crippen molar-refractivity contribution in [1.82, 2.24) is 14.8 Å². The van der Waals surface area contributed by atoms with Crippen molar-refractivity contribution in [2.75, 3.05) is 19.0 Å². The molecule has 2 aromatic carbocycles. The molecule has 0 radical (unpaired) electrons. The maximum atomic E-state index is 12.6. The van der Waals surface area contributed by atoms with Crippen LogP contribution >= 0.6 is 0 Å². The standard InChI is InChI=1S/C22H20N4O4/c1-28-16-7-6-14-8-19(25-18(14)9-16)22(27)24-15-10-23-26(11-15)12-17-13-29-20-4-2-3-5-21(20)30-17/h2-11,17,25H,12-13H2,1H3,(H,24,27)/t17-/m0/s1. The Kier molecular flexibility index (Phi) is 4.51. The van der Waals surface area contributed by atoms with Crippen molar-refractivity contribution in [3.8, 4) is 17.2 Å². The Hall–Kier alpha value is -3.94. The van der Waals surface area contributed by atoms with Gasteiger partial charge in [0.1, 0.15) is 18.1 Å². The highest BCUT2D eigenvalue weighted by atomic mass is 16.6. The van der Waals surface area contributed by atoms with Crippen LogP contribution in [0.15, 0.2) is 60.9 Å². The molecule has 1 aliphatic rings. The Morgan fingerprint density at radius 1 is 1.27 bits per heavy atom. The lowest BCUT2D eigenvalue weighted by Crippen LogP contribution is -2.33. The zero-order valence-corrected chi connectivity index (χ0v) is 16.3. The van der Waals surface area contributed by atoms with Crippen molar-refractivity contribution < 1.29 is 19.0 Å². The van der Waals surface area contributed by atoms with Gasteiger partial charge in [0.25, 0.3) is 5.91 Å². The molecular weight excluding hydrogens is 384 g/mol. The zero-order chi connectivity index (χ0) is 20.5. The minimum Gasteiger partial charge on any atom is -0.497 e. The number of para-hydroxylation sites is 2. The Labute approximate surface area is 172 Å². The molecule has 8 heteroatoms. The summed E-state index contributed by atoms with van der Waals surface area (Å²) in [5, 5.41) is 8.12. The van der Waals surface area contributed by atoms with E-state index in [0.29, 0.717) is 24.5 Å². The second kappa shape index (κ2) is 7.47. The third-order valence-corrected chi connectivity index (χ3v) is 4.92. The molecule has 0 saturated carbocycles. The smallest absolute Gasteiger partial charge is 0.272 e. The lowest BCUT2D eigenvalue weighted by molar-refractivity contribution is 0.0759. The van der Waals surface area contributed by atoms with Gasteiger partial charge in [-0.1, -0.05) is 12.1 Å². The van der Waals surface area contributed by atoms with E-state index in [1.165, 1.54) is 0 Å². The van der Waals surface area contributed by atoms with Crippen molar-refractivity contribution >= 4 is 22.5 Å². The van der Waals surface area contributed by atoms with Gasteiger partial charge in [0.2, 0.25) is 0 Å². The number of amides is 1. The van der Waals surface area contributed by atoms with Crippen LogP contribution in [-0.2, 0) is 6.54 Å². The molecule has 0 saturated heterocycles. The SMILES string of the molecule is COc1ccc2cc(C(=O)Nc3cnn(C[C@H]4COc5ccccc5O4)c3)[nH]c2c1. The summed E-state index contributed by atoms with van der Waals surface area (Å²) in [4.78, 5) is 15.7. The number of nitrogens with one attached hydrogen (secondary N) is 2. The number of aromatic amines is 1. The Morgan fingerprint density at radius 3 is 3.00 bits per heavy atom. The first-order valence-corrected chi connectivity index (χ1v) is 9.57. The second-order valence-corrected chi connectivity index (χ2v) is 7.04. The monoisotopic (exact) mass is 404 g/mol. The molecule has 30 heavy (non-hydrogen) atoms. The average Bonchev–Trinajstić information content (AvgIpc) is 3.39. The number of ether oxygens (including phenoxy) is 3. The van der Waals surface area contributed by atoms with Crippen LogP contribution in [0.25, 0.3) is 10.9 Å². The number of carbonyl (C=O) groups is 1. The van der Waals surface area contributed by atoms with Crippen LogP contribution in [0.4, 0.5) is 5.69 Å². The fourth-order valence-electron chi connectivity index (χ4n) is 3.44. The van der Waals surface area contributed by atoms with E-state index in [0.717, 1.165) is 28.2 Å². The summed E-state index contributed by atoms with van der Waals surface area (Å²) < 4.78 is 18.6. The Balaban J connectivity index is 1.24. The molecule has 0 bridgehead atoms. The summed E-state index contributed by atoms with van der Waals surface area (Å²) in [7, 11) is 1.61. The molecule has 3 heterocycles. The van der Waals surface area contributed by atoms with E-state index in [2.05, 4.69) is 15.4 Å². The highest BCUT2D eigenvalue weighted by Crippen LogP contribution is 2.31. The first-order valence-electron chi connectivity index (χ1n) is 9.57. The fraction of sp³-hybridized carbons (Fsp3) is 0.182. The van der Waals surface area contributed by atoms with Gasteiger partial charge in [0, 0.05) is 23.2 Å². The first-order chi connectivity index (χ1) is 14.7. The van der Waals surface area contributed by atoms with E-state index in [1.54, 1.807) is 30.3 Å². The highest BCUT2D eigenvalue weighted by Gasteiger charge is 2.21. The number of carbonyl (C=O) groups excluding carboxylic acids is 1. The van der Waals surface area contributed by atoms with Gasteiger partial charge in [-0.05, 0) is 30.3 Å². The van der Waals surface area contributed by atoms with Crippen LogP contribution in [0.1, 0.15) is 10.5 Å². The molecule has 2 aromatic heterocycles. The van der Waals surface area contributed by atoms with Gasteiger partial charge in [-0.25, -0.2) is 0 Å². The van der Waals surface area contributed by atoms with Crippen molar-refractivity contribution in [3.63, 3.8) is 0 Å². The van der Waals surface area contributed by atoms with Crippen LogP contribution in [0.2, 0.25) is 0 Å². The predicted octanol–water partition coefficient (Wildman–Crippen LogP) is 3.47. The van der Waals surface area contributed by atoms with Gasteiger partial charge < -0.3 is 24.5 Å². The number of rotatable bonds is 5.